The fraction of sp³-hybridized carbons (Fsp3) is 0.0476. The quantitative estimate of drug-likeness (QED) is 0.382. The molecule has 0 heterocycles. The van der Waals surface area contributed by atoms with E-state index in [-0.39, 0.29) is 11.5 Å². The Labute approximate surface area is 161 Å². The number of ether oxygens (including phenoxy) is 2. The summed E-state index contributed by atoms with van der Waals surface area (Å²) in [6.45, 7) is 0. The van der Waals surface area contributed by atoms with Crippen LogP contribution in [0.1, 0.15) is 15.9 Å². The highest BCUT2D eigenvalue weighted by Gasteiger charge is 2.10. The maximum atomic E-state index is 12.2. The molecule has 0 aliphatic heterocycles. The van der Waals surface area contributed by atoms with Gasteiger partial charge in [-0.25, -0.2) is 4.79 Å². The first kappa shape index (κ1) is 18.5. The minimum atomic E-state index is -0.530. The van der Waals surface area contributed by atoms with Gasteiger partial charge in [0.25, 0.3) is 0 Å². The second kappa shape index (κ2) is 8.38. The number of aliphatic imine (C=N–C) groups is 1. The van der Waals surface area contributed by atoms with Gasteiger partial charge < -0.3 is 14.6 Å². The van der Waals surface area contributed by atoms with E-state index in [1.165, 1.54) is 12.3 Å². The summed E-state index contributed by atoms with van der Waals surface area (Å²) >= 11 is 5.92. The minimum Gasteiger partial charge on any atom is -0.507 e. The SMILES string of the molecule is COc1ccc(C(=O)Oc2ccc(C=Nc3cccc(Cl)c3)c(O)c2)cc1. The molecule has 136 valence electrons. The van der Waals surface area contributed by atoms with Crippen LogP contribution in [-0.2, 0) is 0 Å². The fourth-order valence-electron chi connectivity index (χ4n) is 2.29. The van der Waals surface area contributed by atoms with Gasteiger partial charge in [0.1, 0.15) is 17.2 Å². The topological polar surface area (TPSA) is 68.1 Å². The molecule has 3 aromatic carbocycles. The highest BCUT2D eigenvalue weighted by molar-refractivity contribution is 6.30. The van der Waals surface area contributed by atoms with Crippen molar-refractivity contribution in [2.24, 2.45) is 4.99 Å². The number of nitrogens with zero attached hydrogens (tertiary/aromatic N) is 1. The van der Waals surface area contributed by atoms with Gasteiger partial charge in [-0.3, -0.25) is 4.99 Å². The molecule has 0 radical (unpaired) electrons. The first-order valence-electron chi connectivity index (χ1n) is 8.04. The molecule has 0 atom stereocenters. The number of phenolic OH excluding ortho intramolecular Hbond substituents is 1. The Morgan fingerprint density at radius 2 is 1.78 bits per heavy atom. The molecular weight excluding hydrogens is 366 g/mol. The van der Waals surface area contributed by atoms with E-state index in [1.807, 2.05) is 0 Å². The smallest absolute Gasteiger partial charge is 0.343 e. The number of aromatic hydroxyl groups is 1. The van der Waals surface area contributed by atoms with Gasteiger partial charge in [0, 0.05) is 22.9 Å². The summed E-state index contributed by atoms with van der Waals surface area (Å²) in [5, 5.41) is 10.7. The Morgan fingerprint density at radius 3 is 2.44 bits per heavy atom. The number of methoxy groups -OCH3 is 1. The minimum absolute atomic E-state index is 0.0548. The maximum absolute atomic E-state index is 12.2. The van der Waals surface area contributed by atoms with Crippen molar-refractivity contribution in [3.05, 3.63) is 82.9 Å². The third-order valence-corrected chi connectivity index (χ3v) is 3.93. The molecule has 0 aliphatic carbocycles. The Hall–Kier alpha value is -3.31. The van der Waals surface area contributed by atoms with E-state index >= 15 is 0 Å². The predicted octanol–water partition coefficient (Wildman–Crippen LogP) is 5.02. The van der Waals surface area contributed by atoms with Crippen LogP contribution < -0.4 is 9.47 Å². The van der Waals surface area contributed by atoms with Gasteiger partial charge in [-0.05, 0) is 54.6 Å². The van der Waals surface area contributed by atoms with Gasteiger partial charge in [0.2, 0.25) is 0 Å². The average Bonchev–Trinajstić information content (AvgIpc) is 2.67. The van der Waals surface area contributed by atoms with Crippen molar-refractivity contribution < 1.29 is 19.4 Å². The van der Waals surface area contributed by atoms with Crippen LogP contribution >= 0.6 is 11.6 Å². The Morgan fingerprint density at radius 1 is 1.04 bits per heavy atom. The van der Waals surface area contributed by atoms with Crippen LogP contribution in [0.5, 0.6) is 17.2 Å². The second-order valence-corrected chi connectivity index (χ2v) is 6.01. The molecule has 0 fully saturated rings. The van der Waals surface area contributed by atoms with E-state index in [9.17, 15) is 9.90 Å². The molecule has 0 aliphatic rings. The van der Waals surface area contributed by atoms with Crippen LogP contribution in [0.4, 0.5) is 5.69 Å². The summed E-state index contributed by atoms with van der Waals surface area (Å²) in [4.78, 5) is 16.4. The third-order valence-electron chi connectivity index (χ3n) is 3.70. The van der Waals surface area contributed by atoms with Crippen LogP contribution in [0.15, 0.2) is 71.7 Å². The number of hydrogen-bond donors (Lipinski definition) is 1. The van der Waals surface area contributed by atoms with Gasteiger partial charge in [0.15, 0.2) is 0 Å². The van der Waals surface area contributed by atoms with Crippen molar-refractivity contribution in [3.63, 3.8) is 0 Å². The summed E-state index contributed by atoms with van der Waals surface area (Å²) in [5.74, 6) is 0.291. The second-order valence-electron chi connectivity index (χ2n) is 5.58. The van der Waals surface area contributed by atoms with E-state index in [2.05, 4.69) is 4.99 Å². The van der Waals surface area contributed by atoms with Gasteiger partial charge >= 0.3 is 5.97 Å². The van der Waals surface area contributed by atoms with Crippen molar-refractivity contribution >= 4 is 29.5 Å². The van der Waals surface area contributed by atoms with Crippen molar-refractivity contribution in [1.29, 1.82) is 0 Å². The van der Waals surface area contributed by atoms with Gasteiger partial charge in [-0.1, -0.05) is 17.7 Å². The van der Waals surface area contributed by atoms with E-state index in [4.69, 9.17) is 21.1 Å². The molecular formula is C21H16ClNO4. The van der Waals surface area contributed by atoms with E-state index < -0.39 is 5.97 Å². The molecule has 0 saturated heterocycles. The molecule has 27 heavy (non-hydrogen) atoms. The monoisotopic (exact) mass is 381 g/mol. The van der Waals surface area contributed by atoms with Crippen LogP contribution in [0.2, 0.25) is 5.02 Å². The lowest BCUT2D eigenvalue weighted by atomic mass is 10.2. The highest BCUT2D eigenvalue weighted by atomic mass is 35.5. The zero-order valence-electron chi connectivity index (χ0n) is 14.4. The van der Waals surface area contributed by atoms with Crippen molar-refractivity contribution in [3.8, 4) is 17.2 Å². The number of halogens is 1. The highest BCUT2D eigenvalue weighted by Crippen LogP contribution is 2.25. The van der Waals surface area contributed by atoms with Crippen LogP contribution in [-0.4, -0.2) is 24.4 Å². The maximum Gasteiger partial charge on any atom is 0.343 e. The number of phenols is 1. The van der Waals surface area contributed by atoms with Crippen LogP contribution in [0, 0.1) is 0 Å². The van der Waals surface area contributed by atoms with Crippen molar-refractivity contribution in [2.75, 3.05) is 7.11 Å². The fourth-order valence-corrected chi connectivity index (χ4v) is 2.47. The predicted molar refractivity (Wildman–Crippen MR) is 105 cm³/mol. The van der Waals surface area contributed by atoms with Gasteiger partial charge in [-0.15, -0.1) is 0 Å². The summed E-state index contributed by atoms with van der Waals surface area (Å²) in [7, 11) is 1.55. The average molecular weight is 382 g/mol. The zero-order chi connectivity index (χ0) is 19.2. The molecule has 3 aromatic rings. The summed E-state index contributed by atoms with van der Waals surface area (Å²) in [6.07, 6.45) is 1.51. The Kier molecular flexibility index (Phi) is 5.74. The van der Waals surface area contributed by atoms with Gasteiger partial charge in [0.05, 0.1) is 18.4 Å². The summed E-state index contributed by atoms with van der Waals surface area (Å²) in [5.41, 5.74) is 1.53. The number of benzene rings is 3. The largest absolute Gasteiger partial charge is 0.507 e. The first-order chi connectivity index (χ1) is 13.0. The van der Waals surface area contributed by atoms with E-state index in [1.54, 1.807) is 67.8 Å². The number of rotatable bonds is 5. The lowest BCUT2D eigenvalue weighted by molar-refractivity contribution is 0.0734. The van der Waals surface area contributed by atoms with Crippen LogP contribution in [0.3, 0.4) is 0 Å². The molecule has 1 N–H and O–H groups in total. The van der Waals surface area contributed by atoms with E-state index in [0.29, 0.717) is 27.6 Å². The van der Waals surface area contributed by atoms with E-state index in [0.717, 1.165) is 0 Å². The molecule has 0 aromatic heterocycles. The third kappa shape index (κ3) is 4.86. The molecule has 0 unspecified atom stereocenters. The molecule has 3 rings (SSSR count). The summed E-state index contributed by atoms with van der Waals surface area (Å²) < 4.78 is 10.3. The first-order valence-corrected chi connectivity index (χ1v) is 8.42. The normalized spacial score (nSPS) is 10.7. The zero-order valence-corrected chi connectivity index (χ0v) is 15.2. The Balaban J connectivity index is 1.71. The molecule has 0 amide bonds. The lowest BCUT2D eigenvalue weighted by Gasteiger charge is -2.07. The standard InChI is InChI=1S/C21H16ClNO4/c1-26-18-8-5-14(6-9-18)21(25)27-19-10-7-15(20(24)12-19)13-23-17-4-2-3-16(22)11-17/h2-13,24H,1H3. The number of esters is 1. The summed E-state index contributed by atoms with van der Waals surface area (Å²) in [6, 6.07) is 18.2. The van der Waals surface area contributed by atoms with Crippen molar-refractivity contribution in [1.82, 2.24) is 0 Å². The lowest BCUT2D eigenvalue weighted by Crippen LogP contribution is -2.08. The number of carbonyl (C=O) groups is 1. The Bertz CT molecular complexity index is 984. The molecule has 6 heteroatoms. The molecule has 0 saturated carbocycles. The van der Waals surface area contributed by atoms with Crippen LogP contribution in [0.25, 0.3) is 0 Å². The number of carbonyl (C=O) groups excluding carboxylic acids is 1. The molecule has 0 bridgehead atoms. The number of hydrogen-bond acceptors (Lipinski definition) is 5. The molecule has 0 spiro atoms. The van der Waals surface area contributed by atoms with Crippen molar-refractivity contribution in [2.45, 2.75) is 0 Å². The van der Waals surface area contributed by atoms with Gasteiger partial charge in [-0.2, -0.15) is 0 Å². The molecule has 5 nitrogen and oxygen atoms in total.